The summed E-state index contributed by atoms with van der Waals surface area (Å²) in [5.74, 6) is 0.632. The molecule has 0 saturated carbocycles. The number of piperazine rings is 1. The molecule has 0 radical (unpaired) electrons. The first kappa shape index (κ1) is 26.6. The molecule has 2 aromatic rings. The Balaban J connectivity index is 1.51. The van der Waals surface area contributed by atoms with Gasteiger partial charge in [0.25, 0.3) is 5.91 Å². The second-order valence-corrected chi connectivity index (χ2v) is 13.3. The Labute approximate surface area is 213 Å². The predicted molar refractivity (Wildman–Crippen MR) is 136 cm³/mol. The number of ether oxygens (including phenoxy) is 1. The third-order valence-electron chi connectivity index (χ3n) is 6.97. The van der Waals surface area contributed by atoms with Crippen LogP contribution in [0, 0.1) is 12.8 Å². The summed E-state index contributed by atoms with van der Waals surface area (Å²) < 4.78 is 60.8. The molecular weight excluding hydrogens is 502 g/mol. The molecule has 2 aliphatic heterocycles. The van der Waals surface area contributed by atoms with E-state index in [4.69, 9.17) is 4.74 Å². The highest BCUT2D eigenvalue weighted by atomic mass is 32.2. The number of carbonyl (C=O) groups is 1. The first-order valence-electron chi connectivity index (χ1n) is 12.1. The van der Waals surface area contributed by atoms with Gasteiger partial charge in [-0.15, -0.1) is 0 Å². The first-order valence-corrected chi connectivity index (χ1v) is 15.0. The third-order valence-corrected chi connectivity index (χ3v) is 10.8. The summed E-state index contributed by atoms with van der Waals surface area (Å²) in [6, 6.07) is 10.9. The molecule has 4 rings (SSSR count). The number of aryl methyl sites for hydroxylation is 1. The molecule has 0 aliphatic carbocycles. The Kier molecular flexibility index (Phi) is 7.75. The van der Waals surface area contributed by atoms with Gasteiger partial charge in [-0.1, -0.05) is 24.6 Å². The number of methoxy groups -OCH3 is 1. The number of rotatable bonds is 6. The minimum absolute atomic E-state index is 0.00753. The van der Waals surface area contributed by atoms with Gasteiger partial charge in [0, 0.05) is 39.3 Å². The average molecular weight is 536 g/mol. The molecule has 1 amide bonds. The van der Waals surface area contributed by atoms with E-state index in [1.54, 1.807) is 29.2 Å². The number of likely N-dealkylation sites (tertiary alicyclic amines) is 1. The van der Waals surface area contributed by atoms with Crippen LogP contribution in [0.5, 0.6) is 5.75 Å². The van der Waals surface area contributed by atoms with Gasteiger partial charge in [0.2, 0.25) is 20.0 Å². The van der Waals surface area contributed by atoms with Crippen molar-refractivity contribution in [3.05, 3.63) is 53.6 Å². The van der Waals surface area contributed by atoms with Crippen LogP contribution in [0.3, 0.4) is 0 Å². The summed E-state index contributed by atoms with van der Waals surface area (Å²) in [5, 5.41) is 0. The summed E-state index contributed by atoms with van der Waals surface area (Å²) >= 11 is 0. The second kappa shape index (κ2) is 10.5. The maximum Gasteiger partial charge on any atom is 0.257 e. The summed E-state index contributed by atoms with van der Waals surface area (Å²) in [6.07, 6.45) is 1.81. The fraction of sp³-hybridized carbons (Fsp3) is 0.480. The van der Waals surface area contributed by atoms with Crippen molar-refractivity contribution in [2.75, 3.05) is 46.4 Å². The molecule has 9 nitrogen and oxygen atoms in total. The SMILES string of the molecule is COc1ccc(S(=O)(=O)N2CCN(S(=O)(=O)c3ccc(C)cc3)CC2)cc1C(=O)N1CCC(C)CC1. The molecule has 2 heterocycles. The lowest BCUT2D eigenvalue weighted by molar-refractivity contribution is 0.0693. The van der Waals surface area contributed by atoms with Gasteiger partial charge >= 0.3 is 0 Å². The number of benzene rings is 2. The molecule has 0 aromatic heterocycles. The van der Waals surface area contributed by atoms with E-state index in [2.05, 4.69) is 6.92 Å². The summed E-state index contributed by atoms with van der Waals surface area (Å²) in [5.41, 5.74) is 1.17. The average Bonchev–Trinajstić information content (AvgIpc) is 2.88. The molecule has 36 heavy (non-hydrogen) atoms. The molecule has 0 bridgehead atoms. The van der Waals surface area contributed by atoms with E-state index in [1.807, 2.05) is 6.92 Å². The lowest BCUT2D eigenvalue weighted by Gasteiger charge is -2.33. The summed E-state index contributed by atoms with van der Waals surface area (Å²) in [4.78, 5) is 15.1. The van der Waals surface area contributed by atoms with E-state index in [-0.39, 0.29) is 47.4 Å². The molecule has 0 atom stereocenters. The standard InChI is InChI=1S/C25H33N3O6S2/c1-19-4-6-21(7-5-19)35(30,31)27-14-16-28(17-15-27)36(32,33)22-8-9-24(34-3)23(18-22)25(29)26-12-10-20(2)11-13-26/h4-9,18,20H,10-17H2,1-3H3. The normalized spacial score (nSPS) is 18.8. The number of nitrogens with zero attached hydrogens (tertiary/aromatic N) is 3. The maximum absolute atomic E-state index is 13.4. The van der Waals surface area contributed by atoms with Crippen LogP contribution in [0.25, 0.3) is 0 Å². The highest BCUT2D eigenvalue weighted by molar-refractivity contribution is 7.89. The molecule has 2 aromatic carbocycles. The van der Waals surface area contributed by atoms with Gasteiger partial charge in [-0.25, -0.2) is 16.8 Å². The van der Waals surface area contributed by atoms with Crippen LogP contribution in [-0.2, 0) is 20.0 Å². The van der Waals surface area contributed by atoms with Crippen molar-refractivity contribution in [3.8, 4) is 5.75 Å². The minimum Gasteiger partial charge on any atom is -0.496 e. The molecule has 2 saturated heterocycles. The molecule has 0 spiro atoms. The number of sulfonamides is 2. The van der Waals surface area contributed by atoms with Crippen molar-refractivity contribution in [1.29, 1.82) is 0 Å². The first-order chi connectivity index (χ1) is 17.0. The van der Waals surface area contributed by atoms with Gasteiger partial charge in [-0.3, -0.25) is 4.79 Å². The smallest absolute Gasteiger partial charge is 0.257 e. The van der Waals surface area contributed by atoms with Crippen molar-refractivity contribution in [2.24, 2.45) is 5.92 Å². The molecule has 0 N–H and O–H groups in total. The minimum atomic E-state index is -3.94. The summed E-state index contributed by atoms with van der Waals surface area (Å²) in [6.45, 7) is 5.41. The fourth-order valence-corrected chi connectivity index (χ4v) is 7.43. The zero-order valence-electron chi connectivity index (χ0n) is 20.9. The third kappa shape index (κ3) is 5.29. The van der Waals surface area contributed by atoms with Crippen LogP contribution in [0.4, 0.5) is 0 Å². The number of carbonyl (C=O) groups excluding carboxylic acids is 1. The highest BCUT2D eigenvalue weighted by Gasteiger charge is 2.34. The van der Waals surface area contributed by atoms with Crippen molar-refractivity contribution < 1.29 is 26.4 Å². The Hall–Kier alpha value is -2.47. The molecule has 2 fully saturated rings. The largest absolute Gasteiger partial charge is 0.496 e. The van der Waals surface area contributed by atoms with Gasteiger partial charge in [-0.05, 0) is 56.0 Å². The predicted octanol–water partition coefficient (Wildman–Crippen LogP) is 2.57. The van der Waals surface area contributed by atoms with Crippen molar-refractivity contribution in [1.82, 2.24) is 13.5 Å². The Morgan fingerprint density at radius 1 is 0.806 bits per heavy atom. The van der Waals surface area contributed by atoms with Gasteiger partial charge in [0.15, 0.2) is 0 Å². The lowest BCUT2D eigenvalue weighted by atomic mass is 9.98. The zero-order valence-corrected chi connectivity index (χ0v) is 22.5. The van der Waals surface area contributed by atoms with Gasteiger partial charge < -0.3 is 9.64 Å². The van der Waals surface area contributed by atoms with E-state index in [9.17, 15) is 21.6 Å². The molecular formula is C25H33N3O6S2. The van der Waals surface area contributed by atoms with Gasteiger partial charge in [0.1, 0.15) is 5.75 Å². The fourth-order valence-electron chi connectivity index (χ4n) is 4.56. The quantitative estimate of drug-likeness (QED) is 0.563. The van der Waals surface area contributed by atoms with E-state index in [0.717, 1.165) is 18.4 Å². The Morgan fingerprint density at radius 3 is 1.83 bits per heavy atom. The van der Waals surface area contributed by atoms with Crippen molar-refractivity contribution in [3.63, 3.8) is 0 Å². The number of piperidine rings is 1. The van der Waals surface area contributed by atoms with Crippen molar-refractivity contribution >= 4 is 26.0 Å². The Bertz CT molecular complexity index is 1310. The van der Waals surface area contributed by atoms with Gasteiger partial charge in [0.05, 0.1) is 22.5 Å². The van der Waals surface area contributed by atoms with E-state index in [1.165, 1.54) is 33.9 Å². The topological polar surface area (TPSA) is 104 Å². The number of amides is 1. The second-order valence-electron chi connectivity index (χ2n) is 9.46. The van der Waals surface area contributed by atoms with Crippen LogP contribution < -0.4 is 4.74 Å². The maximum atomic E-state index is 13.4. The van der Waals surface area contributed by atoms with Crippen LogP contribution >= 0.6 is 0 Å². The van der Waals surface area contributed by atoms with Crippen LogP contribution in [-0.4, -0.2) is 82.6 Å². The van der Waals surface area contributed by atoms with E-state index >= 15 is 0 Å². The zero-order chi connectivity index (χ0) is 26.1. The molecule has 0 unspecified atom stereocenters. The van der Waals surface area contributed by atoms with Gasteiger partial charge in [-0.2, -0.15) is 8.61 Å². The van der Waals surface area contributed by atoms with Crippen LogP contribution in [0.15, 0.2) is 52.3 Å². The highest BCUT2D eigenvalue weighted by Crippen LogP contribution is 2.28. The van der Waals surface area contributed by atoms with E-state index < -0.39 is 20.0 Å². The molecule has 11 heteroatoms. The Morgan fingerprint density at radius 2 is 1.31 bits per heavy atom. The van der Waals surface area contributed by atoms with Crippen LogP contribution in [0.1, 0.15) is 35.7 Å². The van der Waals surface area contributed by atoms with Crippen molar-refractivity contribution in [2.45, 2.75) is 36.5 Å². The summed E-state index contributed by atoms with van der Waals surface area (Å²) in [7, 11) is -6.20. The van der Waals surface area contributed by atoms with E-state index in [0.29, 0.717) is 24.8 Å². The molecule has 196 valence electrons. The number of hydrogen-bond acceptors (Lipinski definition) is 6. The van der Waals surface area contributed by atoms with Crippen LogP contribution in [0.2, 0.25) is 0 Å². The lowest BCUT2D eigenvalue weighted by Crippen LogP contribution is -2.50. The monoisotopic (exact) mass is 535 g/mol. The number of hydrogen-bond donors (Lipinski definition) is 0. The molecule has 2 aliphatic rings.